The molecule has 6 nitrogen and oxygen atoms in total. The number of carbonyl (C=O) groups excluding carboxylic acids is 2. The first-order valence-corrected chi connectivity index (χ1v) is 11.2. The molecule has 0 radical (unpaired) electrons. The molecule has 1 amide bonds. The summed E-state index contributed by atoms with van der Waals surface area (Å²) in [6, 6.07) is 20.5. The zero-order chi connectivity index (χ0) is 24.2. The average Bonchev–Trinajstić information content (AvgIpc) is 3.12. The highest BCUT2D eigenvalue weighted by Crippen LogP contribution is 2.45. The first kappa shape index (κ1) is 23.1. The smallest absolute Gasteiger partial charge is 0.300 e. The van der Waals surface area contributed by atoms with Crippen molar-refractivity contribution in [3.63, 3.8) is 0 Å². The second-order valence-corrected chi connectivity index (χ2v) is 8.12. The van der Waals surface area contributed by atoms with E-state index in [0.29, 0.717) is 34.9 Å². The van der Waals surface area contributed by atoms with Gasteiger partial charge in [0.1, 0.15) is 17.3 Å². The lowest BCUT2D eigenvalue weighted by Crippen LogP contribution is -2.29. The van der Waals surface area contributed by atoms with Crippen LogP contribution >= 0.6 is 0 Å². The maximum absolute atomic E-state index is 13.3. The number of benzene rings is 3. The van der Waals surface area contributed by atoms with Crippen molar-refractivity contribution < 1.29 is 24.2 Å². The number of rotatable bonds is 7. The van der Waals surface area contributed by atoms with Gasteiger partial charge in [0, 0.05) is 16.8 Å². The van der Waals surface area contributed by atoms with Crippen LogP contribution in [0.25, 0.3) is 5.76 Å². The summed E-state index contributed by atoms with van der Waals surface area (Å²) in [6.45, 7) is 4.52. The van der Waals surface area contributed by atoms with E-state index in [0.717, 1.165) is 12.0 Å². The quantitative estimate of drug-likeness (QED) is 0.291. The molecule has 1 aliphatic heterocycles. The number of aliphatic hydroxyl groups is 1. The highest BCUT2D eigenvalue weighted by molar-refractivity contribution is 6.51. The van der Waals surface area contributed by atoms with Gasteiger partial charge in [0.25, 0.3) is 11.7 Å². The van der Waals surface area contributed by atoms with Gasteiger partial charge in [-0.15, -0.1) is 0 Å². The highest BCUT2D eigenvalue weighted by Gasteiger charge is 2.47. The van der Waals surface area contributed by atoms with Crippen molar-refractivity contribution in [1.82, 2.24) is 0 Å². The normalized spacial score (nSPS) is 17.1. The minimum Gasteiger partial charge on any atom is -0.507 e. The van der Waals surface area contributed by atoms with E-state index < -0.39 is 17.7 Å². The molecule has 3 aromatic rings. The number of hydrogen-bond donors (Lipinski definition) is 1. The molecule has 0 aliphatic carbocycles. The first-order chi connectivity index (χ1) is 16.5. The number of carbonyl (C=O) groups is 2. The Balaban J connectivity index is 1.89. The maximum Gasteiger partial charge on any atom is 0.300 e. The molecule has 174 valence electrons. The minimum atomic E-state index is -0.853. The molecule has 0 bridgehead atoms. The lowest BCUT2D eigenvalue weighted by atomic mass is 9.94. The first-order valence-electron chi connectivity index (χ1n) is 11.2. The monoisotopic (exact) mass is 457 g/mol. The van der Waals surface area contributed by atoms with Gasteiger partial charge in [-0.1, -0.05) is 37.3 Å². The molecule has 1 saturated heterocycles. The van der Waals surface area contributed by atoms with Crippen LogP contribution < -0.4 is 14.4 Å². The molecular weight excluding hydrogens is 430 g/mol. The van der Waals surface area contributed by atoms with Crippen molar-refractivity contribution >= 4 is 23.1 Å². The lowest BCUT2D eigenvalue weighted by Gasteiger charge is -2.27. The molecule has 0 aromatic heterocycles. The predicted molar refractivity (Wildman–Crippen MR) is 131 cm³/mol. The third kappa shape index (κ3) is 4.27. The largest absolute Gasteiger partial charge is 0.507 e. The highest BCUT2D eigenvalue weighted by atomic mass is 16.5. The zero-order valence-electron chi connectivity index (χ0n) is 19.4. The maximum atomic E-state index is 13.3. The average molecular weight is 458 g/mol. The van der Waals surface area contributed by atoms with E-state index in [1.54, 1.807) is 42.5 Å². The zero-order valence-corrected chi connectivity index (χ0v) is 19.4. The van der Waals surface area contributed by atoms with Gasteiger partial charge in [-0.05, 0) is 61.4 Å². The van der Waals surface area contributed by atoms with Crippen LogP contribution in [-0.2, 0) is 9.59 Å². The number of ketones is 1. The van der Waals surface area contributed by atoms with Gasteiger partial charge < -0.3 is 14.6 Å². The molecule has 1 N–H and O–H groups in total. The van der Waals surface area contributed by atoms with Crippen molar-refractivity contribution in [1.29, 1.82) is 0 Å². The summed E-state index contributed by atoms with van der Waals surface area (Å²) in [5.74, 6) is -0.514. The molecule has 1 fully saturated rings. The van der Waals surface area contributed by atoms with Crippen molar-refractivity contribution in [3.05, 3.63) is 95.1 Å². The van der Waals surface area contributed by atoms with E-state index in [2.05, 4.69) is 0 Å². The number of para-hydroxylation sites is 1. The second kappa shape index (κ2) is 9.83. The number of aliphatic hydroxyl groups excluding tert-OH is 1. The van der Waals surface area contributed by atoms with Crippen LogP contribution in [0.1, 0.15) is 36.1 Å². The standard InChI is InChI=1S/C28H27NO5/c1-4-16-34-21-14-12-19(13-15-21)26(30)24-25(22-10-5-6-11-23(22)33-3)29(28(32)27(24)31)20-9-7-8-18(2)17-20/h5-15,17,25,30H,4,16H2,1-3H3/b26-24+. The Morgan fingerprint density at radius 2 is 1.74 bits per heavy atom. The van der Waals surface area contributed by atoms with E-state index in [-0.39, 0.29) is 11.3 Å². The van der Waals surface area contributed by atoms with Crippen LogP contribution in [0.4, 0.5) is 5.69 Å². The van der Waals surface area contributed by atoms with E-state index in [1.165, 1.54) is 12.0 Å². The Morgan fingerprint density at radius 1 is 1.00 bits per heavy atom. The van der Waals surface area contributed by atoms with Crippen LogP contribution in [0.3, 0.4) is 0 Å². The molecule has 0 saturated carbocycles. The fourth-order valence-electron chi connectivity index (χ4n) is 4.15. The summed E-state index contributed by atoms with van der Waals surface area (Å²) in [6.07, 6.45) is 0.878. The topological polar surface area (TPSA) is 76.1 Å². The molecular formula is C28H27NO5. The third-order valence-electron chi connectivity index (χ3n) is 5.76. The van der Waals surface area contributed by atoms with Gasteiger partial charge in [0.05, 0.1) is 25.3 Å². The van der Waals surface area contributed by atoms with Gasteiger partial charge in [-0.3, -0.25) is 14.5 Å². The van der Waals surface area contributed by atoms with Crippen molar-refractivity contribution in [2.75, 3.05) is 18.6 Å². The van der Waals surface area contributed by atoms with Crippen LogP contribution in [0, 0.1) is 6.92 Å². The van der Waals surface area contributed by atoms with E-state index >= 15 is 0 Å². The number of ether oxygens (including phenoxy) is 2. The molecule has 3 aromatic carbocycles. The summed E-state index contributed by atoms with van der Waals surface area (Å²) in [7, 11) is 1.53. The molecule has 34 heavy (non-hydrogen) atoms. The Bertz CT molecular complexity index is 1250. The van der Waals surface area contributed by atoms with E-state index in [4.69, 9.17) is 9.47 Å². The van der Waals surface area contributed by atoms with Gasteiger partial charge in [0.2, 0.25) is 0 Å². The summed E-state index contributed by atoms with van der Waals surface area (Å²) in [4.78, 5) is 28.0. The Morgan fingerprint density at radius 3 is 2.41 bits per heavy atom. The number of methoxy groups -OCH3 is 1. The Labute approximate surface area is 199 Å². The van der Waals surface area contributed by atoms with Gasteiger partial charge in [-0.2, -0.15) is 0 Å². The summed E-state index contributed by atoms with van der Waals surface area (Å²) >= 11 is 0. The van der Waals surface area contributed by atoms with Gasteiger partial charge in [-0.25, -0.2) is 0 Å². The number of hydrogen-bond acceptors (Lipinski definition) is 5. The number of aryl methyl sites for hydroxylation is 1. The van der Waals surface area contributed by atoms with E-state index in [1.807, 2.05) is 44.2 Å². The van der Waals surface area contributed by atoms with Crippen molar-refractivity contribution in [2.24, 2.45) is 0 Å². The molecule has 1 heterocycles. The van der Waals surface area contributed by atoms with Crippen LogP contribution in [-0.4, -0.2) is 30.5 Å². The fraction of sp³-hybridized carbons (Fsp3) is 0.214. The lowest BCUT2D eigenvalue weighted by molar-refractivity contribution is -0.132. The Kier molecular flexibility index (Phi) is 6.68. The third-order valence-corrected chi connectivity index (χ3v) is 5.76. The van der Waals surface area contributed by atoms with Crippen molar-refractivity contribution in [3.8, 4) is 11.5 Å². The molecule has 4 rings (SSSR count). The van der Waals surface area contributed by atoms with Gasteiger partial charge >= 0.3 is 0 Å². The van der Waals surface area contributed by atoms with Crippen LogP contribution in [0.2, 0.25) is 0 Å². The van der Waals surface area contributed by atoms with E-state index in [9.17, 15) is 14.7 Å². The number of nitrogens with zero attached hydrogens (tertiary/aromatic N) is 1. The predicted octanol–water partition coefficient (Wildman–Crippen LogP) is 5.42. The van der Waals surface area contributed by atoms with Gasteiger partial charge in [0.15, 0.2) is 0 Å². The minimum absolute atomic E-state index is 0.0123. The van der Waals surface area contributed by atoms with Crippen LogP contribution in [0.5, 0.6) is 11.5 Å². The molecule has 0 spiro atoms. The number of amides is 1. The SMILES string of the molecule is CCCOc1ccc(/C(O)=C2\C(=O)C(=O)N(c3cccc(C)c3)C2c2ccccc2OC)cc1. The summed E-state index contributed by atoms with van der Waals surface area (Å²) < 4.78 is 11.2. The molecule has 1 unspecified atom stereocenters. The Hall–Kier alpha value is -4.06. The van der Waals surface area contributed by atoms with Crippen molar-refractivity contribution in [2.45, 2.75) is 26.3 Å². The number of Topliss-reactive ketones (excluding diaryl/α,β-unsaturated/α-hetero) is 1. The number of anilines is 1. The molecule has 1 atom stereocenters. The molecule has 6 heteroatoms. The fourth-order valence-corrected chi connectivity index (χ4v) is 4.15. The second-order valence-electron chi connectivity index (χ2n) is 8.12. The van der Waals surface area contributed by atoms with Crippen LogP contribution in [0.15, 0.2) is 78.4 Å². The summed E-state index contributed by atoms with van der Waals surface area (Å²) in [5.41, 5.74) is 2.56. The summed E-state index contributed by atoms with van der Waals surface area (Å²) in [5, 5.41) is 11.3. The molecule has 1 aliphatic rings.